The maximum Gasteiger partial charge on any atom is 0.322 e. The average Bonchev–Trinajstić information content (AvgIpc) is 1.64. The van der Waals surface area contributed by atoms with Crippen LogP contribution in [0.1, 0.15) is 13.8 Å². The van der Waals surface area contributed by atoms with E-state index in [1.165, 1.54) is 7.05 Å². The zero-order valence-corrected chi connectivity index (χ0v) is 5.96. The van der Waals surface area contributed by atoms with E-state index in [2.05, 4.69) is 5.32 Å². The van der Waals surface area contributed by atoms with Crippen molar-refractivity contribution < 1.29 is 9.90 Å². The van der Waals surface area contributed by atoms with Crippen molar-refractivity contribution in [2.75, 3.05) is 7.05 Å². The molecule has 0 aromatic rings. The van der Waals surface area contributed by atoms with Gasteiger partial charge in [0, 0.05) is 7.05 Å². The fourth-order valence-corrected chi connectivity index (χ4v) is 0.694. The molecule has 0 spiro atoms. The van der Waals surface area contributed by atoms with Crippen molar-refractivity contribution in [3.8, 4) is 0 Å². The SMILES string of the molecule is C[N]C(C(=O)O)C(C)C. The molecule has 1 radical (unpaired) electrons. The van der Waals surface area contributed by atoms with Gasteiger partial charge in [-0.15, -0.1) is 0 Å². The second-order valence-corrected chi connectivity index (χ2v) is 2.29. The van der Waals surface area contributed by atoms with E-state index in [1.807, 2.05) is 13.8 Å². The average molecular weight is 130 g/mol. The Morgan fingerprint density at radius 3 is 2.00 bits per heavy atom. The molecular weight excluding hydrogens is 118 g/mol. The van der Waals surface area contributed by atoms with Crippen LogP contribution in [0, 0.1) is 5.92 Å². The number of carboxylic acids is 1. The molecule has 1 N–H and O–H groups in total. The molecule has 0 bridgehead atoms. The van der Waals surface area contributed by atoms with Crippen molar-refractivity contribution in [2.45, 2.75) is 19.9 Å². The number of hydrogen-bond acceptors (Lipinski definition) is 1. The topological polar surface area (TPSA) is 51.4 Å². The van der Waals surface area contributed by atoms with Crippen LogP contribution in [-0.4, -0.2) is 24.2 Å². The van der Waals surface area contributed by atoms with Crippen LogP contribution in [0.5, 0.6) is 0 Å². The highest BCUT2D eigenvalue weighted by atomic mass is 16.4. The predicted octanol–water partition coefficient (Wildman–Crippen LogP) is 0.330. The van der Waals surface area contributed by atoms with Gasteiger partial charge in [-0.1, -0.05) is 13.8 Å². The first kappa shape index (κ1) is 8.43. The fourth-order valence-electron chi connectivity index (χ4n) is 0.694. The van der Waals surface area contributed by atoms with Crippen LogP contribution in [0.2, 0.25) is 0 Å². The molecule has 0 rings (SSSR count). The Morgan fingerprint density at radius 2 is 2.00 bits per heavy atom. The summed E-state index contributed by atoms with van der Waals surface area (Å²) in [5, 5.41) is 12.1. The largest absolute Gasteiger partial charge is 0.480 e. The van der Waals surface area contributed by atoms with Crippen molar-refractivity contribution in [1.29, 1.82) is 0 Å². The molecule has 0 saturated heterocycles. The lowest BCUT2D eigenvalue weighted by Gasteiger charge is -2.11. The predicted molar refractivity (Wildman–Crippen MR) is 34.3 cm³/mol. The molecule has 0 saturated carbocycles. The molecule has 0 fully saturated rings. The van der Waals surface area contributed by atoms with Gasteiger partial charge in [0.25, 0.3) is 0 Å². The lowest BCUT2D eigenvalue weighted by atomic mass is 10.1. The maximum absolute atomic E-state index is 10.3. The van der Waals surface area contributed by atoms with Gasteiger partial charge in [0.2, 0.25) is 0 Å². The van der Waals surface area contributed by atoms with Crippen molar-refractivity contribution in [3.63, 3.8) is 0 Å². The maximum atomic E-state index is 10.3. The Hall–Kier alpha value is -0.570. The van der Waals surface area contributed by atoms with Crippen molar-refractivity contribution in [2.24, 2.45) is 5.92 Å². The van der Waals surface area contributed by atoms with E-state index in [-0.39, 0.29) is 5.92 Å². The van der Waals surface area contributed by atoms with E-state index in [4.69, 9.17) is 5.11 Å². The molecule has 0 aromatic heterocycles. The quantitative estimate of drug-likeness (QED) is 0.598. The molecule has 0 amide bonds. The Balaban J connectivity index is 3.83. The van der Waals surface area contributed by atoms with Crippen molar-refractivity contribution in [1.82, 2.24) is 5.32 Å². The van der Waals surface area contributed by atoms with Gasteiger partial charge in [-0.25, -0.2) is 5.32 Å². The first-order chi connectivity index (χ1) is 4.09. The lowest BCUT2D eigenvalue weighted by Crippen LogP contribution is -2.33. The van der Waals surface area contributed by atoms with Gasteiger partial charge in [-0.2, -0.15) is 0 Å². The monoisotopic (exact) mass is 130 g/mol. The Bertz CT molecular complexity index is 101. The number of rotatable bonds is 3. The van der Waals surface area contributed by atoms with E-state index in [9.17, 15) is 4.79 Å². The highest BCUT2D eigenvalue weighted by Crippen LogP contribution is 2.00. The van der Waals surface area contributed by atoms with Gasteiger partial charge in [0.15, 0.2) is 0 Å². The number of carbonyl (C=O) groups is 1. The van der Waals surface area contributed by atoms with Gasteiger partial charge in [0.05, 0.1) is 0 Å². The zero-order valence-electron chi connectivity index (χ0n) is 5.96. The summed E-state index contributed by atoms with van der Waals surface area (Å²) < 4.78 is 0. The van der Waals surface area contributed by atoms with Crippen LogP contribution in [-0.2, 0) is 4.79 Å². The van der Waals surface area contributed by atoms with Gasteiger partial charge in [-0.3, -0.25) is 4.79 Å². The van der Waals surface area contributed by atoms with Gasteiger partial charge < -0.3 is 5.11 Å². The second-order valence-electron chi connectivity index (χ2n) is 2.29. The number of nitrogens with zero attached hydrogens (tertiary/aromatic N) is 1. The molecule has 0 aliphatic heterocycles. The Labute approximate surface area is 55.1 Å². The van der Waals surface area contributed by atoms with E-state index in [0.717, 1.165) is 0 Å². The summed E-state index contributed by atoms with van der Waals surface area (Å²) in [6.45, 7) is 3.68. The summed E-state index contributed by atoms with van der Waals surface area (Å²) in [5.74, 6) is -0.750. The van der Waals surface area contributed by atoms with Crippen molar-refractivity contribution in [3.05, 3.63) is 0 Å². The number of likely N-dealkylation sites (N-methyl/N-ethyl adjacent to an activating group) is 1. The minimum absolute atomic E-state index is 0.0903. The van der Waals surface area contributed by atoms with Crippen LogP contribution >= 0.6 is 0 Å². The number of carboxylic acid groups (broad SMARTS) is 1. The molecule has 0 aromatic carbocycles. The molecule has 3 nitrogen and oxygen atoms in total. The highest BCUT2D eigenvalue weighted by Gasteiger charge is 2.19. The van der Waals surface area contributed by atoms with Gasteiger partial charge in [0.1, 0.15) is 6.04 Å². The van der Waals surface area contributed by atoms with E-state index >= 15 is 0 Å². The van der Waals surface area contributed by atoms with Gasteiger partial charge >= 0.3 is 5.97 Å². The first-order valence-corrected chi connectivity index (χ1v) is 2.91. The summed E-state index contributed by atoms with van der Waals surface area (Å²) in [5.41, 5.74) is 0. The molecule has 0 heterocycles. The molecule has 1 unspecified atom stereocenters. The van der Waals surface area contributed by atoms with Crippen LogP contribution in [0.4, 0.5) is 0 Å². The zero-order chi connectivity index (χ0) is 7.44. The van der Waals surface area contributed by atoms with E-state index < -0.39 is 12.0 Å². The molecule has 0 aliphatic carbocycles. The third kappa shape index (κ3) is 2.46. The summed E-state index contributed by atoms with van der Waals surface area (Å²) >= 11 is 0. The summed E-state index contributed by atoms with van der Waals surface area (Å²) in [6.07, 6.45) is 0. The normalized spacial score (nSPS) is 13.8. The summed E-state index contributed by atoms with van der Waals surface area (Å²) in [4.78, 5) is 10.3. The molecule has 1 atom stereocenters. The molecule has 9 heavy (non-hydrogen) atoms. The van der Waals surface area contributed by atoms with E-state index in [0.29, 0.717) is 0 Å². The van der Waals surface area contributed by atoms with Crippen LogP contribution < -0.4 is 5.32 Å². The minimum Gasteiger partial charge on any atom is -0.480 e. The number of aliphatic carboxylic acids is 1. The third-order valence-electron chi connectivity index (χ3n) is 1.16. The first-order valence-electron chi connectivity index (χ1n) is 2.91. The lowest BCUT2D eigenvalue weighted by molar-refractivity contribution is -0.140. The Kier molecular flexibility index (Phi) is 3.24. The standard InChI is InChI=1S/C6H12NO2/c1-4(2)5(7-3)6(8)9/h4-5H,1-3H3,(H,8,9). The summed E-state index contributed by atoms with van der Waals surface area (Å²) in [7, 11) is 1.53. The van der Waals surface area contributed by atoms with E-state index in [1.54, 1.807) is 0 Å². The second kappa shape index (κ2) is 3.45. The Morgan fingerprint density at radius 1 is 1.56 bits per heavy atom. The minimum atomic E-state index is -0.840. The van der Waals surface area contributed by atoms with Crippen molar-refractivity contribution >= 4 is 5.97 Å². The van der Waals surface area contributed by atoms with Crippen LogP contribution in [0.25, 0.3) is 0 Å². The smallest absolute Gasteiger partial charge is 0.322 e. The molecule has 3 heteroatoms. The number of hydrogen-bond donors (Lipinski definition) is 1. The highest BCUT2D eigenvalue weighted by molar-refractivity contribution is 5.73. The third-order valence-corrected chi connectivity index (χ3v) is 1.16. The fraction of sp³-hybridized carbons (Fsp3) is 0.833. The molecule has 0 aliphatic rings. The molecule has 53 valence electrons. The molecular formula is C6H12NO2. The van der Waals surface area contributed by atoms with Crippen LogP contribution in [0.15, 0.2) is 0 Å². The van der Waals surface area contributed by atoms with Gasteiger partial charge in [-0.05, 0) is 5.92 Å². The van der Waals surface area contributed by atoms with Crippen LogP contribution in [0.3, 0.4) is 0 Å². The summed E-state index contributed by atoms with van der Waals surface area (Å²) in [6, 6.07) is -0.537.